The van der Waals surface area contributed by atoms with E-state index in [9.17, 15) is 4.39 Å². The topological polar surface area (TPSA) is 26.0 Å². The second-order valence-corrected chi connectivity index (χ2v) is 3.86. The van der Waals surface area contributed by atoms with E-state index in [2.05, 4.69) is 0 Å². The van der Waals surface area contributed by atoms with Gasteiger partial charge in [-0.15, -0.1) is 0 Å². The van der Waals surface area contributed by atoms with Gasteiger partial charge in [0.1, 0.15) is 5.82 Å². The third kappa shape index (κ3) is 2.96. The molecular formula is C11H15ClFN. The van der Waals surface area contributed by atoms with Crippen LogP contribution in [0, 0.1) is 12.7 Å². The van der Waals surface area contributed by atoms with Crippen molar-refractivity contribution in [1.82, 2.24) is 0 Å². The predicted molar refractivity (Wildman–Crippen MR) is 58.1 cm³/mol. The monoisotopic (exact) mass is 215 g/mol. The highest BCUT2D eigenvalue weighted by molar-refractivity contribution is 6.30. The van der Waals surface area contributed by atoms with Gasteiger partial charge in [0.2, 0.25) is 0 Å². The van der Waals surface area contributed by atoms with Crippen molar-refractivity contribution >= 4 is 11.6 Å². The summed E-state index contributed by atoms with van der Waals surface area (Å²) in [5.41, 5.74) is 7.09. The minimum Gasteiger partial charge on any atom is -0.330 e. The van der Waals surface area contributed by atoms with E-state index in [1.54, 1.807) is 13.0 Å². The molecule has 1 nitrogen and oxygen atoms in total. The molecule has 1 aromatic rings. The smallest absolute Gasteiger partial charge is 0.144 e. The van der Waals surface area contributed by atoms with Crippen LogP contribution >= 0.6 is 11.6 Å². The fourth-order valence-corrected chi connectivity index (χ4v) is 1.70. The van der Waals surface area contributed by atoms with E-state index >= 15 is 0 Å². The lowest BCUT2D eigenvalue weighted by atomic mass is 10.1. The van der Waals surface area contributed by atoms with Crippen LogP contribution in [-0.4, -0.2) is 6.54 Å². The summed E-state index contributed by atoms with van der Waals surface area (Å²) in [5, 5.41) is 0.216. The SMILES string of the molecule is Cc1cc(CCCCN)cc(Cl)c1F. The van der Waals surface area contributed by atoms with Gasteiger partial charge >= 0.3 is 0 Å². The molecule has 2 N–H and O–H groups in total. The number of hydrogen-bond acceptors (Lipinski definition) is 1. The molecule has 0 aliphatic carbocycles. The first-order valence-corrected chi connectivity index (χ1v) is 5.17. The lowest BCUT2D eigenvalue weighted by Gasteiger charge is -2.05. The number of nitrogens with two attached hydrogens (primary N) is 1. The second kappa shape index (κ2) is 5.32. The lowest BCUT2D eigenvalue weighted by molar-refractivity contribution is 0.617. The van der Waals surface area contributed by atoms with Crippen LogP contribution in [-0.2, 0) is 6.42 Å². The Balaban J connectivity index is 2.69. The van der Waals surface area contributed by atoms with Crippen LogP contribution in [0.4, 0.5) is 4.39 Å². The molecule has 0 unspecified atom stereocenters. The van der Waals surface area contributed by atoms with E-state index in [-0.39, 0.29) is 10.8 Å². The molecule has 1 rings (SSSR count). The van der Waals surface area contributed by atoms with E-state index in [1.165, 1.54) is 0 Å². The molecule has 0 atom stereocenters. The fraction of sp³-hybridized carbons (Fsp3) is 0.455. The van der Waals surface area contributed by atoms with Crippen LogP contribution in [0.2, 0.25) is 5.02 Å². The highest BCUT2D eigenvalue weighted by Crippen LogP contribution is 2.21. The quantitative estimate of drug-likeness (QED) is 0.768. The molecule has 0 saturated carbocycles. The Labute approximate surface area is 89.1 Å². The van der Waals surface area contributed by atoms with Crippen molar-refractivity contribution in [2.45, 2.75) is 26.2 Å². The average molecular weight is 216 g/mol. The van der Waals surface area contributed by atoms with Crippen LogP contribution in [0.15, 0.2) is 12.1 Å². The maximum absolute atomic E-state index is 13.1. The largest absolute Gasteiger partial charge is 0.330 e. The molecule has 14 heavy (non-hydrogen) atoms. The van der Waals surface area contributed by atoms with Gasteiger partial charge in [-0.3, -0.25) is 0 Å². The van der Waals surface area contributed by atoms with Crippen molar-refractivity contribution in [3.8, 4) is 0 Å². The summed E-state index contributed by atoms with van der Waals surface area (Å²) >= 11 is 5.73. The van der Waals surface area contributed by atoms with E-state index < -0.39 is 0 Å². The summed E-state index contributed by atoms with van der Waals surface area (Å²) in [6, 6.07) is 3.54. The molecule has 0 amide bonds. The number of halogens is 2. The summed E-state index contributed by atoms with van der Waals surface area (Å²) in [4.78, 5) is 0. The van der Waals surface area contributed by atoms with Gasteiger partial charge in [0.15, 0.2) is 0 Å². The first-order valence-electron chi connectivity index (χ1n) is 4.79. The molecule has 0 spiro atoms. The van der Waals surface area contributed by atoms with Crippen LogP contribution in [0.25, 0.3) is 0 Å². The van der Waals surface area contributed by atoms with Crippen molar-refractivity contribution < 1.29 is 4.39 Å². The number of hydrogen-bond donors (Lipinski definition) is 1. The zero-order valence-electron chi connectivity index (χ0n) is 8.32. The Hall–Kier alpha value is -0.600. The lowest BCUT2D eigenvalue weighted by Crippen LogP contribution is -1.99. The number of benzene rings is 1. The molecule has 0 bridgehead atoms. The summed E-state index contributed by atoms with van der Waals surface area (Å²) in [6.45, 7) is 2.43. The third-order valence-electron chi connectivity index (χ3n) is 2.19. The average Bonchev–Trinajstić information content (AvgIpc) is 2.14. The molecule has 0 aliphatic heterocycles. The maximum atomic E-state index is 13.1. The van der Waals surface area contributed by atoms with Gasteiger partial charge < -0.3 is 5.73 Å². The molecule has 0 heterocycles. The molecule has 1 aromatic carbocycles. The molecule has 0 aliphatic rings. The highest BCUT2D eigenvalue weighted by atomic mass is 35.5. The van der Waals surface area contributed by atoms with E-state index in [0.717, 1.165) is 24.8 Å². The van der Waals surface area contributed by atoms with Crippen molar-refractivity contribution in [2.75, 3.05) is 6.54 Å². The number of aryl methyl sites for hydroxylation is 2. The standard InChI is InChI=1S/C11H15ClFN/c1-8-6-9(4-2-3-5-14)7-10(12)11(8)13/h6-7H,2-5,14H2,1H3. The maximum Gasteiger partial charge on any atom is 0.144 e. The van der Waals surface area contributed by atoms with Crippen molar-refractivity contribution in [1.29, 1.82) is 0 Å². The molecule has 0 fully saturated rings. The number of unbranched alkanes of at least 4 members (excludes halogenated alkanes) is 1. The zero-order chi connectivity index (χ0) is 10.6. The minimum absolute atomic E-state index is 0.216. The normalized spacial score (nSPS) is 10.6. The van der Waals surface area contributed by atoms with Gasteiger partial charge in [-0.2, -0.15) is 0 Å². The molecule has 0 aromatic heterocycles. The zero-order valence-corrected chi connectivity index (χ0v) is 9.07. The Kier molecular flexibility index (Phi) is 4.36. The van der Waals surface area contributed by atoms with Gasteiger partial charge in [-0.1, -0.05) is 17.7 Å². The first-order chi connectivity index (χ1) is 6.65. The van der Waals surface area contributed by atoms with Crippen molar-refractivity contribution in [2.24, 2.45) is 5.73 Å². The summed E-state index contributed by atoms with van der Waals surface area (Å²) in [7, 11) is 0. The van der Waals surface area contributed by atoms with Gasteiger partial charge in [0.05, 0.1) is 5.02 Å². The van der Waals surface area contributed by atoms with E-state index in [1.807, 2.05) is 6.07 Å². The molecular weight excluding hydrogens is 201 g/mol. The third-order valence-corrected chi connectivity index (χ3v) is 2.46. The second-order valence-electron chi connectivity index (χ2n) is 3.45. The van der Waals surface area contributed by atoms with Crippen LogP contribution in [0.1, 0.15) is 24.0 Å². The first kappa shape index (κ1) is 11.5. The van der Waals surface area contributed by atoms with Crippen LogP contribution < -0.4 is 5.73 Å². The van der Waals surface area contributed by atoms with E-state index in [0.29, 0.717) is 12.1 Å². The molecule has 3 heteroatoms. The Morgan fingerprint density at radius 3 is 2.64 bits per heavy atom. The van der Waals surface area contributed by atoms with Crippen LogP contribution in [0.5, 0.6) is 0 Å². The Morgan fingerprint density at radius 2 is 2.07 bits per heavy atom. The van der Waals surface area contributed by atoms with Crippen molar-refractivity contribution in [3.63, 3.8) is 0 Å². The fourth-order valence-electron chi connectivity index (χ4n) is 1.42. The summed E-state index contributed by atoms with van der Waals surface area (Å²) < 4.78 is 13.1. The molecule has 0 radical (unpaired) electrons. The molecule has 0 saturated heterocycles. The Morgan fingerprint density at radius 1 is 1.36 bits per heavy atom. The summed E-state index contributed by atoms with van der Waals surface area (Å²) in [5.74, 6) is -0.311. The molecule has 78 valence electrons. The van der Waals surface area contributed by atoms with Crippen LogP contribution in [0.3, 0.4) is 0 Å². The van der Waals surface area contributed by atoms with Gasteiger partial charge in [-0.25, -0.2) is 4.39 Å². The minimum atomic E-state index is -0.311. The van der Waals surface area contributed by atoms with Gasteiger partial charge in [0.25, 0.3) is 0 Å². The van der Waals surface area contributed by atoms with Gasteiger partial charge in [0, 0.05) is 0 Å². The predicted octanol–water partition coefficient (Wildman–Crippen LogP) is 3.07. The summed E-state index contributed by atoms with van der Waals surface area (Å²) in [6.07, 6.45) is 2.93. The highest BCUT2D eigenvalue weighted by Gasteiger charge is 2.05. The number of rotatable bonds is 4. The van der Waals surface area contributed by atoms with Crippen molar-refractivity contribution in [3.05, 3.63) is 34.1 Å². The Bertz CT molecular complexity index is 289. The van der Waals surface area contributed by atoms with E-state index in [4.69, 9.17) is 17.3 Å². The van der Waals surface area contributed by atoms with Gasteiger partial charge in [-0.05, 0) is 49.9 Å².